The average Bonchev–Trinajstić information content (AvgIpc) is 2.92. The Hall–Kier alpha value is -1.78. The van der Waals surface area contributed by atoms with Crippen LogP contribution in [0.3, 0.4) is 0 Å². The van der Waals surface area contributed by atoms with Crippen LogP contribution in [0.2, 0.25) is 0 Å². The zero-order chi connectivity index (χ0) is 13.9. The van der Waals surface area contributed by atoms with Crippen LogP contribution in [0.4, 0.5) is 5.69 Å². The van der Waals surface area contributed by atoms with E-state index in [-0.39, 0.29) is 5.84 Å². The number of hydrogen-bond acceptors (Lipinski definition) is 4. The smallest absolute Gasteiger partial charge is 0.188 e. The summed E-state index contributed by atoms with van der Waals surface area (Å²) in [6, 6.07) is 3.87. The molecule has 3 N–H and O–H groups in total. The molecule has 0 aliphatic carbocycles. The van der Waals surface area contributed by atoms with Crippen LogP contribution in [0, 0.1) is 5.41 Å². The molecule has 0 bridgehead atoms. The molecule has 0 amide bonds. The Kier molecular flexibility index (Phi) is 3.93. The minimum absolute atomic E-state index is 0.0540. The first-order chi connectivity index (χ1) is 9.14. The van der Waals surface area contributed by atoms with E-state index in [1.54, 1.807) is 6.20 Å². The Morgan fingerprint density at radius 1 is 1.53 bits per heavy atom. The second-order valence-corrected chi connectivity index (χ2v) is 5.26. The zero-order valence-electron chi connectivity index (χ0n) is 11.6. The van der Waals surface area contributed by atoms with Crippen molar-refractivity contribution in [2.75, 3.05) is 18.0 Å². The topological polar surface area (TPSA) is 74.7 Å². The predicted octanol–water partition coefficient (Wildman–Crippen LogP) is 2.19. The van der Waals surface area contributed by atoms with Gasteiger partial charge in [-0.3, -0.25) is 4.98 Å². The molecular weight excluding hydrogens is 240 g/mol. The summed E-state index contributed by atoms with van der Waals surface area (Å²) in [5, 5.41) is 11.7. The molecule has 0 aromatic carbocycles. The second kappa shape index (κ2) is 5.47. The molecule has 2 rings (SSSR count). The highest BCUT2D eigenvalue weighted by Crippen LogP contribution is 2.38. The lowest BCUT2D eigenvalue weighted by molar-refractivity contribution is 0.301. The molecule has 5 nitrogen and oxygen atoms in total. The number of pyridine rings is 1. The van der Waals surface area contributed by atoms with Gasteiger partial charge in [-0.2, -0.15) is 0 Å². The van der Waals surface area contributed by atoms with E-state index in [0.29, 0.717) is 11.1 Å². The van der Waals surface area contributed by atoms with Crippen molar-refractivity contribution in [1.29, 1.82) is 0 Å². The van der Waals surface area contributed by atoms with Gasteiger partial charge in [0.15, 0.2) is 5.84 Å². The molecule has 0 atom stereocenters. The van der Waals surface area contributed by atoms with Crippen LogP contribution in [0.15, 0.2) is 23.5 Å². The molecular formula is C14H22N4O. The third-order valence-corrected chi connectivity index (χ3v) is 4.42. The lowest BCUT2D eigenvalue weighted by Gasteiger charge is -2.27. The van der Waals surface area contributed by atoms with Gasteiger partial charge in [-0.25, -0.2) is 0 Å². The number of rotatable bonds is 4. The second-order valence-electron chi connectivity index (χ2n) is 5.26. The largest absolute Gasteiger partial charge is 0.409 e. The van der Waals surface area contributed by atoms with E-state index in [0.717, 1.165) is 18.8 Å². The monoisotopic (exact) mass is 262 g/mol. The zero-order valence-corrected chi connectivity index (χ0v) is 11.6. The third-order valence-electron chi connectivity index (χ3n) is 4.42. The van der Waals surface area contributed by atoms with Crippen LogP contribution < -0.4 is 10.6 Å². The molecule has 1 aliphatic rings. The van der Waals surface area contributed by atoms with E-state index < -0.39 is 0 Å². The molecule has 0 radical (unpaired) electrons. The van der Waals surface area contributed by atoms with Crippen molar-refractivity contribution in [3.63, 3.8) is 0 Å². The molecule has 1 fully saturated rings. The molecule has 0 spiro atoms. The SMILES string of the molecule is CCC1(CC)CCN(c2ccnc(C(N)=NO)c2)C1. The van der Waals surface area contributed by atoms with Gasteiger partial charge in [0.2, 0.25) is 0 Å². The van der Waals surface area contributed by atoms with E-state index in [2.05, 4.69) is 28.9 Å². The van der Waals surface area contributed by atoms with Gasteiger partial charge >= 0.3 is 0 Å². The first-order valence-corrected chi connectivity index (χ1v) is 6.83. The number of amidine groups is 1. The summed E-state index contributed by atoms with van der Waals surface area (Å²) in [6.45, 7) is 6.66. The van der Waals surface area contributed by atoms with Crippen LogP contribution in [0.5, 0.6) is 0 Å². The predicted molar refractivity (Wildman–Crippen MR) is 76.6 cm³/mol. The molecule has 5 heteroatoms. The summed E-state index contributed by atoms with van der Waals surface area (Å²) in [5.74, 6) is 0.0540. The van der Waals surface area contributed by atoms with Gasteiger partial charge < -0.3 is 15.8 Å². The van der Waals surface area contributed by atoms with E-state index in [4.69, 9.17) is 10.9 Å². The van der Waals surface area contributed by atoms with E-state index in [1.165, 1.54) is 19.3 Å². The van der Waals surface area contributed by atoms with E-state index in [9.17, 15) is 0 Å². The Bertz CT molecular complexity index is 468. The minimum Gasteiger partial charge on any atom is -0.409 e. The van der Waals surface area contributed by atoms with Crippen molar-refractivity contribution in [2.24, 2.45) is 16.3 Å². The van der Waals surface area contributed by atoms with Gasteiger partial charge in [-0.1, -0.05) is 19.0 Å². The maximum Gasteiger partial charge on any atom is 0.188 e. The number of anilines is 1. The summed E-state index contributed by atoms with van der Waals surface area (Å²) in [7, 11) is 0. The number of aromatic nitrogens is 1. The number of hydrogen-bond donors (Lipinski definition) is 2. The molecule has 1 aliphatic heterocycles. The number of nitrogens with two attached hydrogens (primary N) is 1. The molecule has 1 saturated heterocycles. The van der Waals surface area contributed by atoms with Crippen LogP contribution >= 0.6 is 0 Å². The summed E-state index contributed by atoms with van der Waals surface area (Å²) in [4.78, 5) is 6.48. The molecule has 104 valence electrons. The maximum atomic E-state index is 8.71. The number of nitrogens with zero attached hydrogens (tertiary/aromatic N) is 3. The van der Waals surface area contributed by atoms with E-state index >= 15 is 0 Å². The standard InChI is InChI=1S/C14H22N4O/c1-3-14(4-2)6-8-18(10-14)11-5-7-16-12(9-11)13(15)17-19/h5,7,9,19H,3-4,6,8,10H2,1-2H3,(H2,15,17). The minimum atomic E-state index is 0.0540. The van der Waals surface area contributed by atoms with Crippen molar-refractivity contribution >= 4 is 11.5 Å². The fraction of sp³-hybridized carbons (Fsp3) is 0.571. The fourth-order valence-electron chi connectivity index (χ4n) is 2.79. The lowest BCUT2D eigenvalue weighted by atomic mass is 9.82. The molecule has 0 saturated carbocycles. The Morgan fingerprint density at radius 3 is 2.84 bits per heavy atom. The third kappa shape index (κ3) is 2.64. The highest BCUT2D eigenvalue weighted by molar-refractivity contribution is 5.95. The molecule has 1 aromatic rings. The van der Waals surface area contributed by atoms with Crippen LogP contribution in [0.25, 0.3) is 0 Å². The quantitative estimate of drug-likeness (QED) is 0.377. The van der Waals surface area contributed by atoms with Crippen molar-refractivity contribution in [1.82, 2.24) is 4.98 Å². The number of oxime groups is 1. The molecule has 19 heavy (non-hydrogen) atoms. The van der Waals surface area contributed by atoms with Crippen molar-refractivity contribution in [3.05, 3.63) is 24.0 Å². The maximum absolute atomic E-state index is 8.71. The van der Waals surface area contributed by atoms with Crippen LogP contribution in [-0.2, 0) is 0 Å². The average molecular weight is 262 g/mol. The lowest BCUT2D eigenvalue weighted by Crippen LogP contribution is -2.26. The van der Waals surface area contributed by atoms with Gasteiger partial charge in [-0.05, 0) is 36.8 Å². The Labute approximate surface area is 114 Å². The van der Waals surface area contributed by atoms with E-state index in [1.807, 2.05) is 12.1 Å². The van der Waals surface area contributed by atoms with Crippen molar-refractivity contribution in [2.45, 2.75) is 33.1 Å². The summed E-state index contributed by atoms with van der Waals surface area (Å²) in [5.41, 5.74) is 7.63. The summed E-state index contributed by atoms with van der Waals surface area (Å²) >= 11 is 0. The van der Waals surface area contributed by atoms with Crippen molar-refractivity contribution < 1.29 is 5.21 Å². The summed E-state index contributed by atoms with van der Waals surface area (Å²) in [6.07, 6.45) is 5.35. The highest BCUT2D eigenvalue weighted by atomic mass is 16.4. The Balaban J connectivity index is 2.20. The highest BCUT2D eigenvalue weighted by Gasteiger charge is 2.35. The molecule has 1 aromatic heterocycles. The van der Waals surface area contributed by atoms with Crippen LogP contribution in [-0.4, -0.2) is 29.1 Å². The first-order valence-electron chi connectivity index (χ1n) is 6.83. The van der Waals surface area contributed by atoms with Gasteiger partial charge in [0.05, 0.1) is 0 Å². The van der Waals surface area contributed by atoms with Gasteiger partial charge in [0.1, 0.15) is 5.69 Å². The van der Waals surface area contributed by atoms with Gasteiger partial charge in [-0.15, -0.1) is 0 Å². The van der Waals surface area contributed by atoms with Gasteiger partial charge in [0, 0.05) is 25.0 Å². The van der Waals surface area contributed by atoms with Crippen molar-refractivity contribution in [3.8, 4) is 0 Å². The molecule has 2 heterocycles. The fourth-order valence-corrected chi connectivity index (χ4v) is 2.79. The van der Waals surface area contributed by atoms with Crippen LogP contribution in [0.1, 0.15) is 38.8 Å². The van der Waals surface area contributed by atoms with Gasteiger partial charge in [0.25, 0.3) is 0 Å². The normalized spacial score (nSPS) is 18.8. The first kappa shape index (κ1) is 13.6. The molecule has 0 unspecified atom stereocenters. The Morgan fingerprint density at radius 2 is 2.26 bits per heavy atom. The summed E-state index contributed by atoms with van der Waals surface area (Å²) < 4.78 is 0.